The molecule has 1 aliphatic heterocycles. The van der Waals surface area contributed by atoms with Crippen molar-refractivity contribution in [1.82, 2.24) is 10.2 Å². The maximum Gasteiger partial charge on any atom is 0.311 e. The highest BCUT2D eigenvalue weighted by molar-refractivity contribution is 5.85. The molecule has 2 fully saturated rings. The van der Waals surface area contributed by atoms with E-state index in [1.807, 2.05) is 6.07 Å². The SMILES string of the molecule is COc1ccc([C@H](C2CCCC2)N2CCNCC2)cc1[N+](=O)[O-].Cl.Cl. The highest BCUT2D eigenvalue weighted by atomic mass is 35.5. The number of piperazine rings is 1. The normalized spacial score (nSPS) is 19.6. The minimum absolute atomic E-state index is 0. The molecule has 0 aromatic heterocycles. The number of ether oxygens (including phenoxy) is 1. The van der Waals surface area contributed by atoms with Crippen LogP contribution in [-0.4, -0.2) is 43.1 Å². The lowest BCUT2D eigenvalue weighted by molar-refractivity contribution is -0.385. The van der Waals surface area contributed by atoms with Crippen LogP contribution in [0.3, 0.4) is 0 Å². The van der Waals surface area contributed by atoms with Crippen LogP contribution >= 0.6 is 24.8 Å². The maximum atomic E-state index is 11.4. The smallest absolute Gasteiger partial charge is 0.311 e. The summed E-state index contributed by atoms with van der Waals surface area (Å²) in [5.41, 5.74) is 1.13. The molecule has 25 heavy (non-hydrogen) atoms. The van der Waals surface area contributed by atoms with Gasteiger partial charge in [0, 0.05) is 38.3 Å². The number of nitrogens with zero attached hydrogens (tertiary/aromatic N) is 2. The van der Waals surface area contributed by atoms with Crippen LogP contribution in [0.1, 0.15) is 37.3 Å². The summed E-state index contributed by atoms with van der Waals surface area (Å²) in [5, 5.41) is 14.7. The average molecular weight is 392 g/mol. The van der Waals surface area contributed by atoms with E-state index in [1.54, 1.807) is 12.1 Å². The van der Waals surface area contributed by atoms with Crippen LogP contribution < -0.4 is 10.1 Å². The monoisotopic (exact) mass is 391 g/mol. The van der Waals surface area contributed by atoms with Gasteiger partial charge in [-0.25, -0.2) is 0 Å². The largest absolute Gasteiger partial charge is 0.490 e. The van der Waals surface area contributed by atoms with Crippen LogP contribution in [0, 0.1) is 16.0 Å². The highest BCUT2D eigenvalue weighted by Gasteiger charge is 2.33. The van der Waals surface area contributed by atoms with Gasteiger partial charge < -0.3 is 10.1 Å². The summed E-state index contributed by atoms with van der Waals surface area (Å²) in [6.45, 7) is 3.98. The lowest BCUT2D eigenvalue weighted by atomic mass is 9.89. The molecular weight excluding hydrogens is 365 g/mol. The van der Waals surface area contributed by atoms with Crippen molar-refractivity contribution in [2.75, 3.05) is 33.3 Å². The van der Waals surface area contributed by atoms with Crippen molar-refractivity contribution in [1.29, 1.82) is 0 Å². The third-order valence-corrected chi connectivity index (χ3v) is 5.13. The summed E-state index contributed by atoms with van der Waals surface area (Å²) in [5.74, 6) is 0.935. The molecule has 0 amide bonds. The Morgan fingerprint density at radius 2 is 1.88 bits per heavy atom. The fourth-order valence-corrected chi connectivity index (χ4v) is 4.05. The molecule has 1 aromatic carbocycles. The molecule has 0 spiro atoms. The highest BCUT2D eigenvalue weighted by Crippen LogP contribution is 2.41. The Morgan fingerprint density at radius 3 is 2.44 bits per heavy atom. The maximum absolute atomic E-state index is 11.4. The first-order valence-corrected chi connectivity index (χ1v) is 8.48. The van der Waals surface area contributed by atoms with E-state index in [1.165, 1.54) is 32.8 Å². The number of benzene rings is 1. The molecule has 6 nitrogen and oxygen atoms in total. The Bertz CT molecular complexity index is 562. The molecule has 1 heterocycles. The van der Waals surface area contributed by atoms with Crippen LogP contribution in [0.5, 0.6) is 5.75 Å². The Labute approximate surface area is 161 Å². The first-order valence-electron chi connectivity index (χ1n) is 8.48. The number of halogens is 2. The van der Waals surface area contributed by atoms with Crippen molar-refractivity contribution < 1.29 is 9.66 Å². The van der Waals surface area contributed by atoms with Gasteiger partial charge in [-0.2, -0.15) is 0 Å². The van der Waals surface area contributed by atoms with Crippen LogP contribution in [-0.2, 0) is 0 Å². The fraction of sp³-hybridized carbons (Fsp3) is 0.647. The zero-order valence-corrected chi connectivity index (χ0v) is 16.1. The van der Waals surface area contributed by atoms with Crippen molar-refractivity contribution in [2.45, 2.75) is 31.7 Å². The van der Waals surface area contributed by atoms with Crippen molar-refractivity contribution in [3.8, 4) is 5.75 Å². The van der Waals surface area contributed by atoms with Crippen LogP contribution in [0.25, 0.3) is 0 Å². The van der Waals surface area contributed by atoms with Gasteiger partial charge in [0.1, 0.15) is 0 Å². The molecule has 1 atom stereocenters. The zero-order chi connectivity index (χ0) is 16.2. The van der Waals surface area contributed by atoms with Crippen molar-refractivity contribution >= 4 is 30.5 Å². The Hall–Kier alpha value is -1.08. The molecule has 1 N–H and O–H groups in total. The van der Waals surface area contributed by atoms with E-state index in [2.05, 4.69) is 10.2 Å². The molecule has 8 heteroatoms. The van der Waals surface area contributed by atoms with E-state index in [-0.39, 0.29) is 41.5 Å². The molecule has 0 bridgehead atoms. The molecule has 1 aromatic rings. The summed E-state index contributed by atoms with van der Waals surface area (Å²) in [7, 11) is 1.48. The summed E-state index contributed by atoms with van der Waals surface area (Å²) < 4.78 is 5.15. The molecule has 1 saturated carbocycles. The molecule has 1 aliphatic carbocycles. The first-order chi connectivity index (χ1) is 11.2. The molecular formula is C17H27Cl2N3O3. The third kappa shape index (κ3) is 4.97. The zero-order valence-electron chi connectivity index (χ0n) is 14.5. The minimum atomic E-state index is -0.341. The van der Waals surface area contributed by atoms with Crippen LogP contribution in [0.4, 0.5) is 5.69 Å². The summed E-state index contributed by atoms with van der Waals surface area (Å²) in [6.07, 6.45) is 4.97. The van der Waals surface area contributed by atoms with E-state index in [9.17, 15) is 10.1 Å². The third-order valence-electron chi connectivity index (χ3n) is 5.13. The van der Waals surface area contributed by atoms with Gasteiger partial charge in [-0.1, -0.05) is 18.9 Å². The second-order valence-electron chi connectivity index (χ2n) is 6.46. The second-order valence-corrected chi connectivity index (χ2v) is 6.46. The standard InChI is InChI=1S/C17H25N3O3.2ClH/c1-23-16-7-6-14(12-15(16)20(21)22)17(13-4-2-3-5-13)19-10-8-18-9-11-19;;/h6-7,12-13,17-18H,2-5,8-11H2,1H3;2*1H/t17-;;/m0../s1. The molecule has 0 unspecified atom stereocenters. The van der Waals surface area contributed by atoms with Gasteiger partial charge in [-0.15, -0.1) is 24.8 Å². The van der Waals surface area contributed by atoms with E-state index in [4.69, 9.17) is 4.74 Å². The minimum Gasteiger partial charge on any atom is -0.490 e. The average Bonchev–Trinajstić information content (AvgIpc) is 3.10. The van der Waals surface area contributed by atoms with Crippen molar-refractivity contribution in [2.24, 2.45) is 5.92 Å². The summed E-state index contributed by atoms with van der Waals surface area (Å²) >= 11 is 0. The number of nitrogens with one attached hydrogen (secondary N) is 1. The van der Waals surface area contributed by atoms with Crippen molar-refractivity contribution in [3.05, 3.63) is 33.9 Å². The molecule has 3 rings (SSSR count). The van der Waals surface area contributed by atoms with E-state index < -0.39 is 0 Å². The second kappa shape index (κ2) is 10.2. The molecule has 142 valence electrons. The summed E-state index contributed by atoms with van der Waals surface area (Å²) in [6, 6.07) is 5.77. The number of nitro benzene ring substituents is 1. The fourth-order valence-electron chi connectivity index (χ4n) is 4.05. The number of nitro groups is 1. The van der Waals surface area contributed by atoms with Gasteiger partial charge in [-0.05, 0) is 30.4 Å². The lowest BCUT2D eigenvalue weighted by Crippen LogP contribution is -2.46. The van der Waals surface area contributed by atoms with Gasteiger partial charge in [0.05, 0.1) is 12.0 Å². The topological polar surface area (TPSA) is 67.6 Å². The quantitative estimate of drug-likeness (QED) is 0.613. The number of hydrogen-bond donors (Lipinski definition) is 1. The van der Waals surface area contributed by atoms with Gasteiger partial charge in [0.2, 0.25) is 0 Å². The predicted molar refractivity (Wildman–Crippen MR) is 103 cm³/mol. The Kier molecular flexibility index (Phi) is 8.93. The number of methoxy groups -OCH3 is 1. The Morgan fingerprint density at radius 1 is 1.24 bits per heavy atom. The molecule has 2 aliphatic rings. The van der Waals surface area contributed by atoms with E-state index >= 15 is 0 Å². The van der Waals surface area contributed by atoms with Gasteiger partial charge >= 0.3 is 5.69 Å². The lowest BCUT2D eigenvalue weighted by Gasteiger charge is -2.38. The molecule has 1 saturated heterocycles. The van der Waals surface area contributed by atoms with E-state index in [0.717, 1.165) is 31.7 Å². The van der Waals surface area contributed by atoms with Crippen LogP contribution in [0.15, 0.2) is 18.2 Å². The number of rotatable bonds is 5. The van der Waals surface area contributed by atoms with Crippen LogP contribution in [0.2, 0.25) is 0 Å². The summed E-state index contributed by atoms with van der Waals surface area (Å²) in [4.78, 5) is 13.5. The predicted octanol–water partition coefficient (Wildman–Crippen LogP) is 3.58. The first kappa shape index (κ1) is 22.0. The van der Waals surface area contributed by atoms with Crippen molar-refractivity contribution in [3.63, 3.8) is 0 Å². The molecule has 0 radical (unpaired) electrons. The number of hydrogen-bond acceptors (Lipinski definition) is 5. The Balaban J connectivity index is 0.00000156. The van der Waals surface area contributed by atoms with Gasteiger partial charge in [-0.3, -0.25) is 15.0 Å². The van der Waals surface area contributed by atoms with Gasteiger partial charge in [0.25, 0.3) is 0 Å². The van der Waals surface area contributed by atoms with Gasteiger partial charge in [0.15, 0.2) is 5.75 Å². The van der Waals surface area contributed by atoms with E-state index in [0.29, 0.717) is 11.7 Å².